The molecule has 0 aliphatic heterocycles. The molecule has 0 aromatic heterocycles. The van der Waals surface area contributed by atoms with Gasteiger partial charge in [0.15, 0.2) is 0 Å². The average Bonchev–Trinajstić information content (AvgIpc) is 1.60. The van der Waals surface area contributed by atoms with Gasteiger partial charge in [-0.2, -0.15) is 0 Å². The minimum Gasteiger partial charge on any atom is -0.286 e. The number of rotatable bonds is 2. The van der Waals surface area contributed by atoms with Crippen molar-refractivity contribution in [2.24, 2.45) is 0 Å². The molecule has 0 heterocycles. The summed E-state index contributed by atoms with van der Waals surface area (Å²) >= 11 is 0. The van der Waals surface area contributed by atoms with E-state index in [1.54, 1.807) is 6.92 Å². The normalized spacial score (nSPS) is 13.8. The fourth-order valence-corrected chi connectivity index (χ4v) is 0.385. The summed E-state index contributed by atoms with van der Waals surface area (Å²) in [5.74, 6) is 0. The van der Waals surface area contributed by atoms with E-state index in [9.17, 15) is 13.2 Å². The molecule has 0 radical (unpaired) electrons. The number of hydrogen-bond donors (Lipinski definition) is 0. The molecule has 0 spiro atoms. The summed E-state index contributed by atoms with van der Waals surface area (Å²) in [5, 5.41) is 0. The molecule has 0 amide bonds. The van der Waals surface area contributed by atoms with Crippen molar-refractivity contribution in [3.8, 4) is 0 Å². The lowest BCUT2D eigenvalue weighted by Crippen LogP contribution is -2.31. The van der Waals surface area contributed by atoms with Crippen LogP contribution >= 0.6 is 0 Å². The summed E-state index contributed by atoms with van der Waals surface area (Å²) in [7, 11) is 0. The minimum atomic E-state index is -4.51. The lowest BCUT2D eigenvalue weighted by molar-refractivity contribution is -0.361. The van der Waals surface area contributed by atoms with Gasteiger partial charge in [0.05, 0.1) is 5.60 Å². The van der Waals surface area contributed by atoms with Crippen molar-refractivity contribution in [2.45, 2.75) is 39.2 Å². The maximum atomic E-state index is 11.5. The Hall–Kier alpha value is -0.250. The second-order valence-corrected chi connectivity index (χ2v) is 2.66. The Balaban J connectivity index is 3.89. The highest BCUT2D eigenvalue weighted by molar-refractivity contribution is 4.65. The van der Waals surface area contributed by atoms with E-state index in [-0.39, 0.29) is 0 Å². The Bertz CT molecular complexity index is 106. The van der Waals surface area contributed by atoms with Gasteiger partial charge in [0, 0.05) is 0 Å². The second-order valence-electron chi connectivity index (χ2n) is 2.66. The summed E-state index contributed by atoms with van der Waals surface area (Å²) in [6.07, 6.45) is -4.17. The quantitative estimate of drug-likeness (QED) is 0.597. The van der Waals surface area contributed by atoms with Crippen LogP contribution in [0.4, 0.5) is 13.2 Å². The highest BCUT2D eigenvalue weighted by Gasteiger charge is 2.36. The molecule has 0 atom stereocenters. The minimum absolute atomic E-state index is 0.340. The van der Waals surface area contributed by atoms with Crippen molar-refractivity contribution < 1.29 is 17.9 Å². The van der Waals surface area contributed by atoms with Crippen LogP contribution in [0.1, 0.15) is 27.2 Å². The Kier molecular flexibility index (Phi) is 2.71. The monoisotopic (exact) mass is 156 g/mol. The Morgan fingerprint density at radius 1 is 1.20 bits per heavy atom. The standard InChI is InChI=1S/C6H11F3O/c1-4-5(2,3)10-6(7,8)9/h4H2,1-3H3. The lowest BCUT2D eigenvalue weighted by Gasteiger charge is -2.24. The number of halogens is 3. The first kappa shape index (κ1) is 9.75. The highest BCUT2D eigenvalue weighted by Crippen LogP contribution is 2.26. The molecule has 0 aliphatic carbocycles. The van der Waals surface area contributed by atoms with Crippen LogP contribution in [0.3, 0.4) is 0 Å². The SMILES string of the molecule is CCC(C)(C)OC(F)(F)F. The predicted molar refractivity (Wildman–Crippen MR) is 31.5 cm³/mol. The molecule has 0 aromatic rings. The average molecular weight is 156 g/mol. The van der Waals surface area contributed by atoms with Crippen LogP contribution in [0.15, 0.2) is 0 Å². The van der Waals surface area contributed by atoms with Gasteiger partial charge in [0.2, 0.25) is 0 Å². The van der Waals surface area contributed by atoms with Gasteiger partial charge in [-0.15, -0.1) is 13.2 Å². The van der Waals surface area contributed by atoms with E-state index >= 15 is 0 Å². The zero-order valence-corrected chi connectivity index (χ0v) is 6.25. The fourth-order valence-electron chi connectivity index (χ4n) is 0.385. The van der Waals surface area contributed by atoms with Gasteiger partial charge in [-0.1, -0.05) is 6.92 Å². The molecular formula is C6H11F3O. The van der Waals surface area contributed by atoms with E-state index in [4.69, 9.17) is 0 Å². The maximum Gasteiger partial charge on any atom is 0.523 e. The van der Waals surface area contributed by atoms with Crippen molar-refractivity contribution >= 4 is 0 Å². The van der Waals surface area contributed by atoms with Crippen LogP contribution in [-0.2, 0) is 4.74 Å². The first-order chi connectivity index (χ1) is 4.27. The van der Waals surface area contributed by atoms with Gasteiger partial charge in [-0.25, -0.2) is 0 Å². The Morgan fingerprint density at radius 3 is 1.70 bits per heavy atom. The lowest BCUT2D eigenvalue weighted by atomic mass is 10.1. The van der Waals surface area contributed by atoms with E-state index in [2.05, 4.69) is 4.74 Å². The molecule has 0 aromatic carbocycles. The molecule has 0 aliphatic rings. The van der Waals surface area contributed by atoms with Crippen molar-refractivity contribution in [3.05, 3.63) is 0 Å². The third-order valence-corrected chi connectivity index (χ3v) is 1.24. The van der Waals surface area contributed by atoms with Crippen LogP contribution in [-0.4, -0.2) is 12.0 Å². The number of alkyl halides is 3. The van der Waals surface area contributed by atoms with Gasteiger partial charge >= 0.3 is 6.36 Å². The van der Waals surface area contributed by atoms with Crippen molar-refractivity contribution in [1.82, 2.24) is 0 Å². The van der Waals surface area contributed by atoms with Crippen LogP contribution in [0.25, 0.3) is 0 Å². The summed E-state index contributed by atoms with van der Waals surface area (Å²) in [4.78, 5) is 0. The molecule has 1 nitrogen and oxygen atoms in total. The smallest absolute Gasteiger partial charge is 0.286 e. The predicted octanol–water partition coefficient (Wildman–Crippen LogP) is 2.71. The summed E-state index contributed by atoms with van der Waals surface area (Å²) in [6, 6.07) is 0. The van der Waals surface area contributed by atoms with E-state index in [0.29, 0.717) is 6.42 Å². The van der Waals surface area contributed by atoms with Gasteiger partial charge in [0.25, 0.3) is 0 Å². The van der Waals surface area contributed by atoms with Gasteiger partial charge in [-0.3, -0.25) is 4.74 Å². The zero-order valence-electron chi connectivity index (χ0n) is 6.25. The molecular weight excluding hydrogens is 145 g/mol. The number of ether oxygens (including phenoxy) is 1. The topological polar surface area (TPSA) is 9.23 Å². The van der Waals surface area contributed by atoms with E-state index in [0.717, 1.165) is 0 Å². The van der Waals surface area contributed by atoms with E-state index in [1.807, 2.05) is 0 Å². The molecule has 62 valence electrons. The zero-order chi connectivity index (χ0) is 8.41. The first-order valence-electron chi connectivity index (χ1n) is 3.04. The first-order valence-corrected chi connectivity index (χ1v) is 3.04. The van der Waals surface area contributed by atoms with Crippen LogP contribution in [0.5, 0.6) is 0 Å². The summed E-state index contributed by atoms with van der Waals surface area (Å²) in [5.41, 5.74) is -1.10. The fraction of sp³-hybridized carbons (Fsp3) is 1.00. The van der Waals surface area contributed by atoms with E-state index in [1.165, 1.54) is 13.8 Å². The molecule has 10 heavy (non-hydrogen) atoms. The third-order valence-electron chi connectivity index (χ3n) is 1.24. The molecule has 0 saturated heterocycles. The van der Waals surface area contributed by atoms with Crippen LogP contribution in [0, 0.1) is 0 Å². The molecule has 0 fully saturated rings. The Morgan fingerprint density at radius 2 is 1.60 bits per heavy atom. The highest BCUT2D eigenvalue weighted by atomic mass is 19.4. The second kappa shape index (κ2) is 2.78. The Labute approximate surface area is 58.2 Å². The molecule has 0 bridgehead atoms. The largest absolute Gasteiger partial charge is 0.523 e. The molecule has 0 N–H and O–H groups in total. The van der Waals surface area contributed by atoms with E-state index < -0.39 is 12.0 Å². The summed E-state index contributed by atoms with van der Waals surface area (Å²) < 4.78 is 38.3. The van der Waals surface area contributed by atoms with Crippen molar-refractivity contribution in [2.75, 3.05) is 0 Å². The van der Waals surface area contributed by atoms with Crippen LogP contribution in [0.2, 0.25) is 0 Å². The van der Waals surface area contributed by atoms with Crippen LogP contribution < -0.4 is 0 Å². The van der Waals surface area contributed by atoms with Gasteiger partial charge in [0.1, 0.15) is 0 Å². The molecule has 0 rings (SSSR count). The van der Waals surface area contributed by atoms with Crippen molar-refractivity contribution in [1.29, 1.82) is 0 Å². The van der Waals surface area contributed by atoms with Crippen molar-refractivity contribution in [3.63, 3.8) is 0 Å². The van der Waals surface area contributed by atoms with Gasteiger partial charge in [-0.05, 0) is 20.3 Å². The summed E-state index contributed by atoms with van der Waals surface area (Å²) in [6.45, 7) is 4.45. The maximum absolute atomic E-state index is 11.5. The van der Waals surface area contributed by atoms with Gasteiger partial charge < -0.3 is 0 Å². The molecule has 0 saturated carbocycles. The third kappa shape index (κ3) is 4.61. The molecule has 4 heteroatoms. The molecule has 0 unspecified atom stereocenters. The number of hydrogen-bond acceptors (Lipinski definition) is 1.